The van der Waals surface area contributed by atoms with Gasteiger partial charge in [-0.25, -0.2) is 9.69 Å². The van der Waals surface area contributed by atoms with Crippen molar-refractivity contribution >= 4 is 55.3 Å². The molecule has 0 spiro atoms. The van der Waals surface area contributed by atoms with Crippen LogP contribution in [0.2, 0.25) is 0 Å². The van der Waals surface area contributed by atoms with E-state index in [2.05, 4.69) is 38.8 Å². The largest absolute Gasteiger partial charge is 0.462 e. The number of amides is 2. The minimum absolute atomic E-state index is 0.281. The fraction of sp³-hybridized carbons (Fsp3) is 0.344. The molecular weight excluding hydrogens is 622 g/mol. The fourth-order valence-corrected chi connectivity index (χ4v) is 8.95. The van der Waals surface area contributed by atoms with Crippen LogP contribution in [0.1, 0.15) is 71.6 Å². The lowest BCUT2D eigenvalue weighted by Gasteiger charge is -2.55. The SMILES string of the molecule is CCCCCCCOC(=O)c1cccc(N2C(=O)[C@@H]3[C@H](C2=O)C2(Br)c4ccccc4C3(Br)c3ccccc32)c1. The second kappa shape index (κ2) is 10.0. The number of ether oxygens (including phenoxy) is 1. The number of carbonyl (C=O) groups is 3. The molecule has 4 aliphatic rings. The zero-order valence-electron chi connectivity index (χ0n) is 21.7. The summed E-state index contributed by atoms with van der Waals surface area (Å²) in [5.41, 5.74) is 4.66. The normalized spacial score (nSPS) is 26.3. The van der Waals surface area contributed by atoms with Gasteiger partial charge in [0.1, 0.15) is 0 Å². The van der Waals surface area contributed by atoms with Crippen LogP contribution in [0.5, 0.6) is 0 Å². The number of halogens is 2. The summed E-state index contributed by atoms with van der Waals surface area (Å²) in [4.78, 5) is 42.5. The third-order valence-corrected chi connectivity index (χ3v) is 11.1. The molecule has 39 heavy (non-hydrogen) atoms. The van der Waals surface area contributed by atoms with Crippen LogP contribution in [0.15, 0.2) is 72.8 Å². The molecule has 0 unspecified atom stereocenters. The van der Waals surface area contributed by atoms with Gasteiger partial charge in [0.25, 0.3) is 0 Å². The molecule has 3 aliphatic carbocycles. The molecular formula is C32H29Br2NO4. The summed E-state index contributed by atoms with van der Waals surface area (Å²) in [5, 5.41) is 0. The molecule has 200 valence electrons. The molecule has 7 heteroatoms. The number of hydrogen-bond donors (Lipinski definition) is 0. The number of hydrogen-bond acceptors (Lipinski definition) is 4. The highest BCUT2D eigenvalue weighted by Crippen LogP contribution is 2.70. The number of alkyl halides is 2. The smallest absolute Gasteiger partial charge is 0.338 e. The van der Waals surface area contributed by atoms with Gasteiger partial charge in [-0.05, 0) is 46.9 Å². The molecule has 7 rings (SSSR count). The Morgan fingerprint density at radius 1 is 0.769 bits per heavy atom. The van der Waals surface area contributed by atoms with Crippen molar-refractivity contribution < 1.29 is 19.1 Å². The molecule has 0 saturated carbocycles. The van der Waals surface area contributed by atoms with E-state index >= 15 is 0 Å². The van der Waals surface area contributed by atoms with Gasteiger partial charge >= 0.3 is 5.97 Å². The topological polar surface area (TPSA) is 63.7 Å². The molecule has 0 aromatic heterocycles. The van der Waals surface area contributed by atoms with Crippen LogP contribution < -0.4 is 4.90 Å². The zero-order chi connectivity index (χ0) is 27.4. The van der Waals surface area contributed by atoms with E-state index in [0.29, 0.717) is 17.9 Å². The van der Waals surface area contributed by atoms with Crippen LogP contribution in [0.3, 0.4) is 0 Å². The van der Waals surface area contributed by atoms with E-state index in [0.717, 1.165) is 47.9 Å². The Kier molecular flexibility index (Phi) is 6.79. The van der Waals surface area contributed by atoms with Crippen molar-refractivity contribution in [3.63, 3.8) is 0 Å². The van der Waals surface area contributed by atoms with E-state index in [1.807, 2.05) is 48.5 Å². The molecule has 1 heterocycles. The second-order valence-corrected chi connectivity index (χ2v) is 13.1. The van der Waals surface area contributed by atoms with Crippen LogP contribution in [0.4, 0.5) is 5.69 Å². The zero-order valence-corrected chi connectivity index (χ0v) is 24.8. The average molecular weight is 651 g/mol. The second-order valence-electron chi connectivity index (χ2n) is 10.6. The first-order valence-electron chi connectivity index (χ1n) is 13.6. The number of imide groups is 1. The molecule has 2 atom stereocenters. The summed E-state index contributed by atoms with van der Waals surface area (Å²) < 4.78 is 3.79. The summed E-state index contributed by atoms with van der Waals surface area (Å²) >= 11 is 8.05. The number of rotatable bonds is 8. The molecule has 5 nitrogen and oxygen atoms in total. The highest BCUT2D eigenvalue weighted by Gasteiger charge is 2.72. The van der Waals surface area contributed by atoms with E-state index in [-0.39, 0.29) is 11.8 Å². The predicted molar refractivity (Wildman–Crippen MR) is 157 cm³/mol. The van der Waals surface area contributed by atoms with Crippen molar-refractivity contribution in [2.24, 2.45) is 11.8 Å². The molecule has 2 bridgehead atoms. The first-order valence-corrected chi connectivity index (χ1v) is 15.2. The molecule has 1 saturated heterocycles. The Morgan fingerprint density at radius 2 is 1.28 bits per heavy atom. The number of unbranched alkanes of at least 4 members (excludes halogenated alkanes) is 4. The lowest BCUT2D eigenvalue weighted by molar-refractivity contribution is -0.122. The maximum atomic E-state index is 14.2. The van der Waals surface area contributed by atoms with Gasteiger partial charge in [-0.2, -0.15) is 0 Å². The van der Waals surface area contributed by atoms with E-state index in [9.17, 15) is 14.4 Å². The van der Waals surface area contributed by atoms with E-state index in [1.54, 1.807) is 24.3 Å². The van der Waals surface area contributed by atoms with Gasteiger partial charge in [0.2, 0.25) is 11.8 Å². The maximum absolute atomic E-state index is 14.2. The fourth-order valence-electron chi connectivity index (χ4n) is 6.65. The van der Waals surface area contributed by atoms with Crippen LogP contribution in [0.25, 0.3) is 0 Å². The quantitative estimate of drug-likeness (QED) is 0.112. The Labute approximate surface area is 245 Å². The van der Waals surface area contributed by atoms with E-state index < -0.39 is 26.5 Å². The van der Waals surface area contributed by atoms with Crippen molar-refractivity contribution in [3.8, 4) is 0 Å². The summed E-state index contributed by atoms with van der Waals surface area (Å²) in [5.74, 6) is -2.33. The van der Waals surface area contributed by atoms with Crippen molar-refractivity contribution in [3.05, 3.63) is 101 Å². The number of carbonyl (C=O) groups excluding carboxylic acids is 3. The minimum Gasteiger partial charge on any atom is -0.462 e. The van der Waals surface area contributed by atoms with Gasteiger partial charge in [-0.1, -0.05) is 119 Å². The van der Waals surface area contributed by atoms with Gasteiger partial charge in [0.05, 0.1) is 38.3 Å². The van der Waals surface area contributed by atoms with Crippen molar-refractivity contribution in [1.82, 2.24) is 0 Å². The van der Waals surface area contributed by atoms with Crippen molar-refractivity contribution in [2.45, 2.75) is 47.7 Å². The van der Waals surface area contributed by atoms with Gasteiger partial charge < -0.3 is 4.74 Å². The first kappa shape index (κ1) is 26.5. The monoisotopic (exact) mass is 649 g/mol. The van der Waals surface area contributed by atoms with Crippen LogP contribution >= 0.6 is 31.9 Å². The molecule has 1 fully saturated rings. The maximum Gasteiger partial charge on any atom is 0.338 e. The van der Waals surface area contributed by atoms with Crippen molar-refractivity contribution in [1.29, 1.82) is 0 Å². The third-order valence-electron chi connectivity index (χ3n) is 8.41. The predicted octanol–water partition coefficient (Wildman–Crippen LogP) is 7.22. The van der Waals surface area contributed by atoms with Gasteiger partial charge in [-0.3, -0.25) is 9.59 Å². The molecule has 3 aromatic rings. The third kappa shape index (κ3) is 3.80. The van der Waals surface area contributed by atoms with Gasteiger partial charge in [0.15, 0.2) is 0 Å². The Morgan fingerprint density at radius 3 is 1.79 bits per heavy atom. The lowest BCUT2D eigenvalue weighted by Crippen LogP contribution is -2.56. The molecule has 1 aliphatic heterocycles. The minimum atomic E-state index is -0.851. The lowest BCUT2D eigenvalue weighted by atomic mass is 9.54. The number of esters is 1. The standard InChI is InChI=1S/C32H29Br2NO4/c1-2-3-4-5-10-18-39-30(38)20-12-11-13-21(19-20)35-28(36)26-27(29(35)37)32(34)23-15-7-6-14-22(23)31(26,33)24-16-8-9-17-25(24)32/h6-9,11-17,19,26-27H,2-5,10,18H2,1H3/t26-,27+,31?,32?. The molecule has 0 N–H and O–H groups in total. The summed E-state index contributed by atoms with van der Waals surface area (Å²) in [6.07, 6.45) is 5.31. The molecule has 3 aromatic carbocycles. The van der Waals surface area contributed by atoms with Crippen LogP contribution in [0, 0.1) is 11.8 Å². The highest BCUT2D eigenvalue weighted by atomic mass is 79.9. The Balaban J connectivity index is 1.34. The highest BCUT2D eigenvalue weighted by molar-refractivity contribution is 9.10. The average Bonchev–Trinajstić information content (AvgIpc) is 3.24. The van der Waals surface area contributed by atoms with Crippen LogP contribution in [-0.2, 0) is 23.0 Å². The van der Waals surface area contributed by atoms with Crippen LogP contribution in [-0.4, -0.2) is 24.4 Å². The number of benzene rings is 3. The molecule has 2 amide bonds. The Hall–Kier alpha value is -2.77. The first-order chi connectivity index (χ1) is 18.8. The summed E-state index contributed by atoms with van der Waals surface area (Å²) in [7, 11) is 0. The van der Waals surface area contributed by atoms with Gasteiger partial charge in [0, 0.05) is 0 Å². The van der Waals surface area contributed by atoms with E-state index in [1.165, 1.54) is 11.3 Å². The number of anilines is 1. The van der Waals surface area contributed by atoms with E-state index in [4.69, 9.17) is 4.74 Å². The summed E-state index contributed by atoms with van der Waals surface area (Å²) in [6.45, 7) is 2.52. The van der Waals surface area contributed by atoms with Crippen molar-refractivity contribution in [2.75, 3.05) is 11.5 Å². The summed E-state index contributed by atoms with van der Waals surface area (Å²) in [6, 6.07) is 22.7. The molecule has 0 radical (unpaired) electrons. The van der Waals surface area contributed by atoms with Gasteiger partial charge in [-0.15, -0.1) is 0 Å². The Bertz CT molecular complexity index is 1360. The number of nitrogens with zero attached hydrogens (tertiary/aromatic N) is 1.